The number of esters is 1. The second-order valence-electron chi connectivity index (χ2n) is 10.7. The van der Waals surface area contributed by atoms with E-state index in [4.69, 9.17) is 19.5 Å². The fourth-order valence-electron chi connectivity index (χ4n) is 4.82. The summed E-state index contributed by atoms with van der Waals surface area (Å²) in [7, 11) is 3.18. The summed E-state index contributed by atoms with van der Waals surface area (Å²) in [5.74, 6) is 0.837. The molecule has 1 aliphatic heterocycles. The van der Waals surface area contributed by atoms with Crippen LogP contribution in [0.1, 0.15) is 71.2 Å². The molecule has 6 heteroatoms. The van der Waals surface area contributed by atoms with Crippen LogP contribution in [0.3, 0.4) is 0 Å². The van der Waals surface area contributed by atoms with Crippen molar-refractivity contribution in [3.63, 3.8) is 0 Å². The molecule has 0 N–H and O–H groups in total. The molecule has 1 saturated heterocycles. The van der Waals surface area contributed by atoms with Crippen molar-refractivity contribution in [3.8, 4) is 22.6 Å². The van der Waals surface area contributed by atoms with Crippen molar-refractivity contribution >= 4 is 39.8 Å². The zero-order valence-electron chi connectivity index (χ0n) is 23.6. The number of nitrogens with zero attached hydrogens (tertiary/aromatic N) is 1. The van der Waals surface area contributed by atoms with Crippen molar-refractivity contribution < 1.29 is 19.0 Å². The van der Waals surface area contributed by atoms with Gasteiger partial charge in [0.05, 0.1) is 20.3 Å². The molecular formula is C31H39MgNO4. The summed E-state index contributed by atoms with van der Waals surface area (Å²) in [6.07, 6.45) is 3.65. The molecule has 1 heterocycles. The van der Waals surface area contributed by atoms with Gasteiger partial charge in [0.25, 0.3) is 5.97 Å². The molecule has 0 atom stereocenters. The summed E-state index contributed by atoms with van der Waals surface area (Å²) in [5, 5.41) is 6.70. The molecule has 0 unspecified atom stereocenters. The molecular weight excluding hydrogens is 475 g/mol. The second-order valence-corrected chi connectivity index (χ2v) is 10.7. The van der Waals surface area contributed by atoms with E-state index >= 15 is 0 Å². The zero-order chi connectivity index (χ0) is 26.5. The molecule has 3 aromatic carbocycles. The van der Waals surface area contributed by atoms with Gasteiger partial charge in [-0.1, -0.05) is 105 Å². The van der Waals surface area contributed by atoms with Crippen molar-refractivity contribution in [2.75, 3.05) is 14.2 Å². The third-order valence-electron chi connectivity index (χ3n) is 6.25. The fourth-order valence-corrected chi connectivity index (χ4v) is 4.82. The van der Waals surface area contributed by atoms with E-state index in [9.17, 15) is 4.79 Å². The van der Waals surface area contributed by atoms with Crippen LogP contribution in [0.15, 0.2) is 48.5 Å². The van der Waals surface area contributed by atoms with E-state index in [0.717, 1.165) is 21.9 Å². The summed E-state index contributed by atoms with van der Waals surface area (Å²) in [6.45, 7) is 12.6. The van der Waals surface area contributed by atoms with E-state index < -0.39 is 5.97 Å². The third kappa shape index (κ3) is 8.10. The van der Waals surface area contributed by atoms with Crippen LogP contribution in [0, 0.1) is 6.07 Å². The van der Waals surface area contributed by atoms with Gasteiger partial charge in [0, 0.05) is 0 Å². The Morgan fingerprint density at radius 2 is 1.57 bits per heavy atom. The van der Waals surface area contributed by atoms with E-state index in [1.807, 2.05) is 62.4 Å². The average molecular weight is 514 g/mol. The number of hydrogen-bond acceptors (Lipinski definition) is 4. The molecule has 5 nitrogen and oxygen atoms in total. The Morgan fingerprint density at radius 1 is 0.946 bits per heavy atom. The van der Waals surface area contributed by atoms with Crippen molar-refractivity contribution in [1.29, 1.82) is 0 Å². The maximum absolute atomic E-state index is 12.7. The van der Waals surface area contributed by atoms with Gasteiger partial charge in [0.2, 0.25) is 0 Å². The first kappa shape index (κ1) is 30.9. The predicted octanol–water partition coefficient (Wildman–Crippen LogP) is 7.61. The van der Waals surface area contributed by atoms with E-state index in [1.165, 1.54) is 19.3 Å². The Morgan fingerprint density at radius 3 is 2.11 bits per heavy atom. The standard InChI is InChI=1S/C22H21O4.C9H18N.Mg/c1-14(2)26-22(23)18-11-9-15-7-5-6-8-17(15)21(18)16-10-12-19(24-3)20(13-16)25-4;1-8(2)6-5-7-9(3,4)10-8;/h5-10,12-14H,1-4H3;5-7H2,1-4H3;/q2*-1;+2. The molecule has 0 bridgehead atoms. The number of piperidine rings is 1. The van der Waals surface area contributed by atoms with Crippen LogP contribution in [0.25, 0.3) is 27.2 Å². The Kier molecular flexibility index (Phi) is 10.9. The topological polar surface area (TPSA) is 58.9 Å². The third-order valence-corrected chi connectivity index (χ3v) is 6.25. The summed E-state index contributed by atoms with van der Waals surface area (Å²) in [4.78, 5) is 12.7. The second kappa shape index (κ2) is 13.0. The fraction of sp³-hybridized carbons (Fsp3) is 0.452. The van der Waals surface area contributed by atoms with Gasteiger partial charge in [0.1, 0.15) is 0 Å². The van der Waals surface area contributed by atoms with E-state index in [0.29, 0.717) is 17.1 Å². The normalized spacial score (nSPS) is 15.7. The predicted molar refractivity (Wildman–Crippen MR) is 153 cm³/mol. The molecule has 3 aromatic rings. The minimum atomic E-state index is -0.393. The smallest absolute Gasteiger partial charge is 0.652 e. The summed E-state index contributed by atoms with van der Waals surface area (Å²) in [5.41, 5.74) is 2.49. The molecule has 37 heavy (non-hydrogen) atoms. The van der Waals surface area contributed by atoms with Gasteiger partial charge in [-0.15, -0.1) is 23.2 Å². The van der Waals surface area contributed by atoms with Crippen LogP contribution in [-0.4, -0.2) is 60.4 Å². The van der Waals surface area contributed by atoms with E-state index in [2.05, 4.69) is 33.8 Å². The number of benzene rings is 3. The van der Waals surface area contributed by atoms with Crippen molar-refractivity contribution in [3.05, 3.63) is 65.5 Å². The first-order valence-electron chi connectivity index (χ1n) is 12.6. The zero-order valence-corrected chi connectivity index (χ0v) is 25.0. The quantitative estimate of drug-likeness (QED) is 0.200. The molecule has 4 rings (SSSR count). The number of carbonyl (C=O) groups excluding carboxylic acids is 1. The Bertz CT molecular complexity index is 1190. The summed E-state index contributed by atoms with van der Waals surface area (Å²) >= 11 is 0. The van der Waals surface area contributed by atoms with Crippen LogP contribution in [0.2, 0.25) is 0 Å². The van der Waals surface area contributed by atoms with Gasteiger partial charge in [0.15, 0.2) is 11.5 Å². The van der Waals surface area contributed by atoms with Crippen LogP contribution in [0.4, 0.5) is 0 Å². The van der Waals surface area contributed by atoms with E-state index in [-0.39, 0.29) is 40.2 Å². The molecule has 0 spiro atoms. The Balaban J connectivity index is 0.000000369. The molecule has 0 aromatic heterocycles. The molecule has 1 aliphatic rings. The minimum absolute atomic E-state index is 0. The number of fused-ring (bicyclic) bond motifs is 1. The van der Waals surface area contributed by atoms with Gasteiger partial charge in [-0.2, -0.15) is 0 Å². The molecule has 194 valence electrons. The minimum Gasteiger partial charge on any atom is -0.652 e. The van der Waals surface area contributed by atoms with E-state index in [1.54, 1.807) is 14.2 Å². The van der Waals surface area contributed by atoms with Gasteiger partial charge in [-0.05, 0) is 26.0 Å². The Hall–Kier alpha value is -2.28. The number of hydrogen-bond donors (Lipinski definition) is 0. The van der Waals surface area contributed by atoms with Crippen LogP contribution in [-0.2, 0) is 4.74 Å². The molecule has 0 radical (unpaired) electrons. The number of ether oxygens (including phenoxy) is 3. The molecule has 0 aliphatic carbocycles. The Labute approximate surface area is 238 Å². The summed E-state index contributed by atoms with van der Waals surface area (Å²) < 4.78 is 16.2. The van der Waals surface area contributed by atoms with Gasteiger partial charge in [-0.25, -0.2) is 0 Å². The molecule has 0 amide bonds. The molecule has 0 saturated carbocycles. The van der Waals surface area contributed by atoms with Crippen LogP contribution >= 0.6 is 0 Å². The van der Waals surface area contributed by atoms with Gasteiger partial charge >= 0.3 is 23.1 Å². The first-order chi connectivity index (χ1) is 17.0. The monoisotopic (exact) mass is 513 g/mol. The number of methoxy groups -OCH3 is 2. The van der Waals surface area contributed by atoms with Crippen molar-refractivity contribution in [2.24, 2.45) is 0 Å². The van der Waals surface area contributed by atoms with Gasteiger partial charge in [-0.3, -0.25) is 0 Å². The number of rotatable bonds is 5. The number of carbonyl (C=O) groups is 1. The van der Waals surface area contributed by atoms with Crippen LogP contribution in [0.5, 0.6) is 11.5 Å². The van der Waals surface area contributed by atoms with Crippen molar-refractivity contribution in [2.45, 2.75) is 78.0 Å². The summed E-state index contributed by atoms with van der Waals surface area (Å²) in [6, 6.07) is 18.4. The average Bonchev–Trinajstić information content (AvgIpc) is 2.81. The maximum Gasteiger partial charge on any atom is 2.00 e. The maximum atomic E-state index is 12.7. The van der Waals surface area contributed by atoms with Crippen LogP contribution < -0.4 is 9.47 Å². The van der Waals surface area contributed by atoms with Crippen molar-refractivity contribution in [1.82, 2.24) is 0 Å². The largest absolute Gasteiger partial charge is 2.00 e. The van der Waals surface area contributed by atoms with Gasteiger partial charge < -0.3 is 24.3 Å². The SMILES string of the molecule is CC1(C)CCCC(C)(C)[N-]1.COc1ccc(-c2c(C(=O)OC(C)C)[c-]cc3ccccc23)cc1OC.[Mg+2]. The first-order valence-corrected chi connectivity index (χ1v) is 12.6. The molecule has 1 fully saturated rings.